The Morgan fingerprint density at radius 2 is 2.11 bits per heavy atom. The van der Waals surface area contributed by atoms with Gasteiger partial charge in [0.25, 0.3) is 0 Å². The smallest absolute Gasteiger partial charge is 0.0160 e. The SMILES string of the molecule is CCC1=CCC=C1.Cl.Cl. The van der Waals surface area contributed by atoms with Crippen LogP contribution in [0.3, 0.4) is 0 Å². The van der Waals surface area contributed by atoms with E-state index < -0.39 is 0 Å². The lowest BCUT2D eigenvalue weighted by Gasteiger charge is -1.84. The van der Waals surface area contributed by atoms with Gasteiger partial charge < -0.3 is 0 Å². The fraction of sp³-hybridized carbons (Fsp3) is 0.429. The van der Waals surface area contributed by atoms with E-state index in [-0.39, 0.29) is 24.8 Å². The van der Waals surface area contributed by atoms with Crippen LogP contribution >= 0.6 is 24.8 Å². The van der Waals surface area contributed by atoms with Crippen LogP contribution in [-0.2, 0) is 0 Å². The molecule has 0 saturated heterocycles. The van der Waals surface area contributed by atoms with Crippen LogP contribution in [-0.4, -0.2) is 0 Å². The monoisotopic (exact) mass is 166 g/mol. The lowest BCUT2D eigenvalue weighted by molar-refractivity contribution is 1.15. The Bertz CT molecular complexity index is 114. The lowest BCUT2D eigenvalue weighted by Crippen LogP contribution is -1.64. The first-order valence-electron chi connectivity index (χ1n) is 2.79. The summed E-state index contributed by atoms with van der Waals surface area (Å²) in [4.78, 5) is 0. The van der Waals surface area contributed by atoms with Crippen LogP contribution in [0.4, 0.5) is 0 Å². The van der Waals surface area contributed by atoms with Gasteiger partial charge in [-0.15, -0.1) is 24.8 Å². The predicted octanol–water partition coefficient (Wildman–Crippen LogP) is 3.13. The molecule has 0 amide bonds. The maximum Gasteiger partial charge on any atom is -0.0160 e. The van der Waals surface area contributed by atoms with E-state index in [0.717, 1.165) is 6.42 Å². The Morgan fingerprint density at radius 1 is 1.44 bits per heavy atom. The van der Waals surface area contributed by atoms with Crippen molar-refractivity contribution in [1.29, 1.82) is 0 Å². The summed E-state index contributed by atoms with van der Waals surface area (Å²) in [5, 5.41) is 0. The van der Waals surface area contributed by atoms with Crippen molar-refractivity contribution < 1.29 is 0 Å². The van der Waals surface area contributed by atoms with Crippen molar-refractivity contribution >= 4 is 24.8 Å². The molecule has 0 unspecified atom stereocenters. The van der Waals surface area contributed by atoms with Crippen LogP contribution in [0.15, 0.2) is 23.8 Å². The van der Waals surface area contributed by atoms with Crippen LogP contribution in [0.25, 0.3) is 0 Å². The topological polar surface area (TPSA) is 0 Å². The molecule has 0 fully saturated rings. The molecule has 0 aromatic rings. The van der Waals surface area contributed by atoms with E-state index in [1.165, 1.54) is 12.0 Å². The minimum absolute atomic E-state index is 0. The van der Waals surface area contributed by atoms with Gasteiger partial charge in [-0.3, -0.25) is 0 Å². The molecule has 0 heterocycles. The molecule has 0 radical (unpaired) electrons. The van der Waals surface area contributed by atoms with Crippen molar-refractivity contribution in [2.45, 2.75) is 19.8 Å². The standard InChI is InChI=1S/C7H10.2ClH/c1-2-7-5-3-4-6-7;;/h3,5-6H,2,4H2,1H3;2*1H. The number of halogens is 2. The average molecular weight is 167 g/mol. The molecule has 0 aromatic carbocycles. The Hall–Kier alpha value is 0.0600. The normalized spacial score (nSPS) is 13.7. The van der Waals surface area contributed by atoms with Crippen LogP contribution < -0.4 is 0 Å². The minimum atomic E-state index is 0. The van der Waals surface area contributed by atoms with Gasteiger partial charge in [0.1, 0.15) is 0 Å². The van der Waals surface area contributed by atoms with Crippen molar-refractivity contribution in [3.05, 3.63) is 23.8 Å². The number of hydrogen-bond acceptors (Lipinski definition) is 0. The quantitative estimate of drug-likeness (QED) is 0.562. The second-order valence-corrected chi connectivity index (χ2v) is 1.77. The lowest BCUT2D eigenvalue weighted by atomic mass is 10.2. The summed E-state index contributed by atoms with van der Waals surface area (Å²) in [6, 6.07) is 0. The van der Waals surface area contributed by atoms with E-state index in [1.54, 1.807) is 0 Å². The molecule has 0 aliphatic heterocycles. The zero-order valence-electron chi connectivity index (χ0n) is 5.46. The van der Waals surface area contributed by atoms with Gasteiger partial charge in [-0.05, 0) is 12.8 Å². The summed E-state index contributed by atoms with van der Waals surface area (Å²) in [5.41, 5.74) is 1.49. The first-order valence-corrected chi connectivity index (χ1v) is 2.79. The molecule has 54 valence electrons. The largest absolute Gasteiger partial charge is 0.147 e. The fourth-order valence-corrected chi connectivity index (χ4v) is 0.769. The zero-order valence-corrected chi connectivity index (χ0v) is 7.10. The average Bonchev–Trinajstić information content (AvgIpc) is 2.14. The molecular formula is C7H12Cl2. The maximum absolute atomic E-state index is 2.26. The third-order valence-electron chi connectivity index (χ3n) is 1.26. The number of rotatable bonds is 1. The van der Waals surface area contributed by atoms with E-state index in [4.69, 9.17) is 0 Å². The zero-order chi connectivity index (χ0) is 5.11. The molecule has 1 aliphatic rings. The molecule has 0 N–H and O–H groups in total. The highest BCUT2D eigenvalue weighted by molar-refractivity contribution is 5.85. The van der Waals surface area contributed by atoms with Crippen molar-refractivity contribution in [1.82, 2.24) is 0 Å². The van der Waals surface area contributed by atoms with E-state index >= 15 is 0 Å². The summed E-state index contributed by atoms with van der Waals surface area (Å²) in [7, 11) is 0. The van der Waals surface area contributed by atoms with Gasteiger partial charge in [0.15, 0.2) is 0 Å². The number of hydrogen-bond donors (Lipinski definition) is 0. The van der Waals surface area contributed by atoms with Crippen LogP contribution in [0.5, 0.6) is 0 Å². The van der Waals surface area contributed by atoms with Gasteiger partial charge in [0.05, 0.1) is 0 Å². The van der Waals surface area contributed by atoms with Crippen molar-refractivity contribution in [3.8, 4) is 0 Å². The Balaban J connectivity index is 0. The predicted molar refractivity (Wildman–Crippen MR) is 46.6 cm³/mol. The Labute approximate surface area is 68.9 Å². The number of allylic oxidation sites excluding steroid dienone is 4. The third kappa shape index (κ3) is 3.61. The maximum atomic E-state index is 2.26. The third-order valence-corrected chi connectivity index (χ3v) is 1.26. The molecule has 1 rings (SSSR count). The van der Waals surface area contributed by atoms with Crippen LogP contribution in [0, 0.1) is 0 Å². The summed E-state index contributed by atoms with van der Waals surface area (Å²) in [6.45, 7) is 2.18. The van der Waals surface area contributed by atoms with Gasteiger partial charge in [-0.2, -0.15) is 0 Å². The van der Waals surface area contributed by atoms with E-state index in [9.17, 15) is 0 Å². The van der Waals surface area contributed by atoms with Crippen molar-refractivity contribution in [3.63, 3.8) is 0 Å². The molecule has 0 spiro atoms. The molecule has 0 saturated carbocycles. The first-order chi connectivity index (χ1) is 3.43. The molecule has 0 aromatic heterocycles. The van der Waals surface area contributed by atoms with E-state index in [1.807, 2.05) is 0 Å². The van der Waals surface area contributed by atoms with Gasteiger partial charge >= 0.3 is 0 Å². The van der Waals surface area contributed by atoms with Crippen LogP contribution in [0.1, 0.15) is 19.8 Å². The van der Waals surface area contributed by atoms with Crippen molar-refractivity contribution in [2.24, 2.45) is 0 Å². The van der Waals surface area contributed by atoms with Crippen molar-refractivity contribution in [2.75, 3.05) is 0 Å². The van der Waals surface area contributed by atoms with Crippen LogP contribution in [0.2, 0.25) is 0 Å². The summed E-state index contributed by atoms with van der Waals surface area (Å²) >= 11 is 0. The Kier molecular flexibility index (Phi) is 8.11. The molecule has 1 aliphatic carbocycles. The van der Waals surface area contributed by atoms with Gasteiger partial charge in [-0.25, -0.2) is 0 Å². The fourth-order valence-electron chi connectivity index (χ4n) is 0.769. The second-order valence-electron chi connectivity index (χ2n) is 1.77. The molecule has 0 bridgehead atoms. The Morgan fingerprint density at radius 3 is 2.33 bits per heavy atom. The van der Waals surface area contributed by atoms with E-state index in [2.05, 4.69) is 25.2 Å². The van der Waals surface area contributed by atoms with Gasteiger partial charge in [0.2, 0.25) is 0 Å². The summed E-state index contributed by atoms with van der Waals surface area (Å²) < 4.78 is 0. The molecule has 2 heteroatoms. The molecule has 9 heavy (non-hydrogen) atoms. The summed E-state index contributed by atoms with van der Waals surface area (Å²) in [5.74, 6) is 0. The van der Waals surface area contributed by atoms with Gasteiger partial charge in [0, 0.05) is 0 Å². The highest BCUT2D eigenvalue weighted by Gasteiger charge is 1.90. The molecule has 0 atom stereocenters. The highest BCUT2D eigenvalue weighted by Crippen LogP contribution is 2.10. The summed E-state index contributed by atoms with van der Waals surface area (Å²) in [6.07, 6.45) is 9.00. The van der Waals surface area contributed by atoms with Gasteiger partial charge in [-0.1, -0.05) is 30.7 Å². The minimum Gasteiger partial charge on any atom is -0.147 e. The highest BCUT2D eigenvalue weighted by atomic mass is 35.5. The molecular weight excluding hydrogens is 155 g/mol. The van der Waals surface area contributed by atoms with E-state index in [0.29, 0.717) is 0 Å². The first kappa shape index (κ1) is 11.8. The second kappa shape index (κ2) is 6.18. The molecule has 0 nitrogen and oxygen atoms in total.